The van der Waals surface area contributed by atoms with Crippen LogP contribution in [0.3, 0.4) is 0 Å². The van der Waals surface area contributed by atoms with Gasteiger partial charge in [-0.15, -0.1) is 0 Å². The summed E-state index contributed by atoms with van der Waals surface area (Å²) >= 11 is 0. The van der Waals surface area contributed by atoms with Crippen LogP contribution in [0.4, 0.5) is 0 Å². The minimum atomic E-state index is -3.10. The van der Waals surface area contributed by atoms with Gasteiger partial charge in [0.05, 0.1) is 23.0 Å². The first-order valence-corrected chi connectivity index (χ1v) is 8.94. The predicted molar refractivity (Wildman–Crippen MR) is 79.3 cm³/mol. The highest BCUT2D eigenvalue weighted by molar-refractivity contribution is 7.92. The molecule has 118 valence electrons. The minimum absolute atomic E-state index is 0.110. The Morgan fingerprint density at radius 3 is 2.55 bits per heavy atom. The summed E-state index contributed by atoms with van der Waals surface area (Å²) in [6.45, 7) is 9.32. The number of piperidine rings is 1. The molecule has 20 heavy (non-hydrogen) atoms. The van der Waals surface area contributed by atoms with Crippen LogP contribution in [0.1, 0.15) is 40.5 Å². The molecular weight excluding hydrogens is 278 g/mol. The minimum Gasteiger partial charge on any atom is -0.466 e. The molecule has 0 aromatic heterocycles. The van der Waals surface area contributed by atoms with Gasteiger partial charge in [0, 0.05) is 13.1 Å². The lowest BCUT2D eigenvalue weighted by Crippen LogP contribution is -2.43. The highest BCUT2D eigenvalue weighted by atomic mass is 32.2. The highest BCUT2D eigenvalue weighted by Crippen LogP contribution is 2.20. The van der Waals surface area contributed by atoms with Crippen LogP contribution in [0.2, 0.25) is 0 Å². The molecule has 1 rings (SSSR count). The molecule has 1 aliphatic rings. The summed E-state index contributed by atoms with van der Waals surface area (Å²) in [5, 5.41) is 0. The van der Waals surface area contributed by atoms with E-state index in [1.165, 1.54) is 0 Å². The Kier molecular flexibility index (Phi) is 6.01. The van der Waals surface area contributed by atoms with Crippen LogP contribution in [0.25, 0.3) is 0 Å². The van der Waals surface area contributed by atoms with Crippen LogP contribution in [0.5, 0.6) is 0 Å². The van der Waals surface area contributed by atoms with Crippen molar-refractivity contribution in [2.24, 2.45) is 5.92 Å². The Morgan fingerprint density at radius 1 is 1.35 bits per heavy atom. The van der Waals surface area contributed by atoms with Crippen LogP contribution < -0.4 is 0 Å². The van der Waals surface area contributed by atoms with Crippen molar-refractivity contribution in [3.05, 3.63) is 0 Å². The Hall–Kier alpha value is -0.620. The van der Waals surface area contributed by atoms with Gasteiger partial charge in [0.1, 0.15) is 0 Å². The van der Waals surface area contributed by atoms with Gasteiger partial charge in [-0.25, -0.2) is 8.42 Å². The van der Waals surface area contributed by atoms with Crippen molar-refractivity contribution in [2.45, 2.75) is 45.3 Å². The molecule has 0 amide bonds. The second-order valence-electron chi connectivity index (χ2n) is 6.32. The second kappa shape index (κ2) is 6.89. The zero-order chi connectivity index (χ0) is 15.4. The predicted octanol–water partition coefficient (Wildman–Crippen LogP) is 1.47. The average Bonchev–Trinajstić information content (AvgIpc) is 2.36. The summed E-state index contributed by atoms with van der Waals surface area (Å²) < 4.78 is 28.5. The number of carbonyl (C=O) groups excluding carboxylic acids is 1. The third kappa shape index (κ3) is 4.74. The van der Waals surface area contributed by atoms with Gasteiger partial charge < -0.3 is 9.64 Å². The molecule has 1 saturated heterocycles. The lowest BCUT2D eigenvalue weighted by atomic mass is 9.98. The van der Waals surface area contributed by atoms with E-state index in [0.29, 0.717) is 19.7 Å². The smallest absolute Gasteiger partial charge is 0.310 e. The number of sulfone groups is 1. The van der Waals surface area contributed by atoms with Gasteiger partial charge in [0.15, 0.2) is 9.84 Å². The molecule has 0 spiro atoms. The molecule has 0 bridgehead atoms. The van der Waals surface area contributed by atoms with E-state index < -0.39 is 14.6 Å². The maximum atomic E-state index is 12.1. The number of ether oxygens (including phenoxy) is 1. The van der Waals surface area contributed by atoms with E-state index in [-0.39, 0.29) is 17.6 Å². The van der Waals surface area contributed by atoms with Crippen molar-refractivity contribution in [3.8, 4) is 0 Å². The molecule has 0 aromatic rings. The van der Waals surface area contributed by atoms with Crippen LogP contribution in [-0.4, -0.2) is 56.0 Å². The first-order valence-electron chi connectivity index (χ1n) is 7.28. The molecular formula is C14H27NO4S. The van der Waals surface area contributed by atoms with E-state index in [2.05, 4.69) is 4.90 Å². The molecule has 0 saturated carbocycles. The number of esters is 1. The van der Waals surface area contributed by atoms with Crippen molar-refractivity contribution in [1.29, 1.82) is 0 Å². The SMILES string of the molecule is CCOC(=O)C1CCCN(CCS(=O)(=O)C(C)(C)C)C1. The largest absolute Gasteiger partial charge is 0.466 e. The standard InChI is InChI=1S/C14H27NO4S/c1-5-19-13(16)12-7-6-8-15(11-12)9-10-20(17,18)14(2,3)4/h12H,5-11H2,1-4H3. The van der Waals surface area contributed by atoms with E-state index in [9.17, 15) is 13.2 Å². The van der Waals surface area contributed by atoms with E-state index in [1.54, 1.807) is 27.7 Å². The number of hydrogen-bond donors (Lipinski definition) is 0. The summed E-state index contributed by atoms with van der Waals surface area (Å²) in [6.07, 6.45) is 1.75. The molecule has 5 nitrogen and oxygen atoms in total. The van der Waals surface area contributed by atoms with Gasteiger partial charge in [0.25, 0.3) is 0 Å². The zero-order valence-corrected chi connectivity index (χ0v) is 13.8. The molecule has 1 fully saturated rings. The molecule has 0 N–H and O–H groups in total. The summed E-state index contributed by atoms with van der Waals surface area (Å²) in [6, 6.07) is 0. The van der Waals surface area contributed by atoms with Crippen molar-refractivity contribution in [2.75, 3.05) is 32.0 Å². The van der Waals surface area contributed by atoms with Gasteiger partial charge >= 0.3 is 5.97 Å². The number of carbonyl (C=O) groups is 1. The zero-order valence-electron chi connectivity index (χ0n) is 13.0. The van der Waals surface area contributed by atoms with Crippen LogP contribution in [-0.2, 0) is 19.4 Å². The van der Waals surface area contributed by atoms with Gasteiger partial charge in [-0.1, -0.05) is 0 Å². The summed E-state index contributed by atoms with van der Waals surface area (Å²) in [7, 11) is -3.10. The van der Waals surface area contributed by atoms with Gasteiger partial charge in [-0.2, -0.15) is 0 Å². The Morgan fingerprint density at radius 2 is 2.00 bits per heavy atom. The number of nitrogens with zero attached hydrogens (tertiary/aromatic N) is 1. The number of rotatable bonds is 5. The topological polar surface area (TPSA) is 63.7 Å². The van der Waals surface area contributed by atoms with E-state index in [1.807, 2.05) is 0 Å². The van der Waals surface area contributed by atoms with Gasteiger partial charge in [0.2, 0.25) is 0 Å². The maximum absolute atomic E-state index is 12.1. The lowest BCUT2D eigenvalue weighted by Gasteiger charge is -2.32. The third-order valence-electron chi connectivity index (χ3n) is 3.73. The molecule has 0 radical (unpaired) electrons. The summed E-state index contributed by atoms with van der Waals surface area (Å²) in [5.41, 5.74) is 0. The fourth-order valence-corrected chi connectivity index (χ4v) is 3.38. The molecule has 1 heterocycles. The van der Waals surface area contributed by atoms with Crippen molar-refractivity contribution < 1.29 is 17.9 Å². The number of hydrogen-bond acceptors (Lipinski definition) is 5. The van der Waals surface area contributed by atoms with E-state index in [0.717, 1.165) is 19.4 Å². The summed E-state index contributed by atoms with van der Waals surface area (Å²) in [5.74, 6) is -0.122. The van der Waals surface area contributed by atoms with Gasteiger partial charge in [-0.05, 0) is 47.1 Å². The number of likely N-dealkylation sites (tertiary alicyclic amines) is 1. The molecule has 1 atom stereocenters. The average molecular weight is 305 g/mol. The van der Waals surface area contributed by atoms with Gasteiger partial charge in [-0.3, -0.25) is 4.79 Å². The van der Waals surface area contributed by atoms with E-state index in [4.69, 9.17) is 4.74 Å². The van der Waals surface area contributed by atoms with Crippen LogP contribution in [0.15, 0.2) is 0 Å². The first-order chi connectivity index (χ1) is 9.17. The van der Waals surface area contributed by atoms with Crippen LogP contribution in [0, 0.1) is 5.92 Å². The Labute approximate surface area is 122 Å². The first kappa shape index (κ1) is 17.4. The fraction of sp³-hybridized carbons (Fsp3) is 0.929. The second-order valence-corrected chi connectivity index (χ2v) is 9.19. The quantitative estimate of drug-likeness (QED) is 0.720. The van der Waals surface area contributed by atoms with Crippen LogP contribution >= 0.6 is 0 Å². The molecule has 1 aliphatic heterocycles. The van der Waals surface area contributed by atoms with Crippen molar-refractivity contribution in [3.63, 3.8) is 0 Å². The monoisotopic (exact) mass is 305 g/mol. The highest BCUT2D eigenvalue weighted by Gasteiger charge is 2.31. The fourth-order valence-electron chi connectivity index (χ4n) is 2.27. The molecule has 6 heteroatoms. The molecule has 0 aromatic carbocycles. The summed E-state index contributed by atoms with van der Waals surface area (Å²) in [4.78, 5) is 13.8. The Balaban J connectivity index is 2.51. The Bertz CT molecular complexity index is 425. The third-order valence-corrected chi connectivity index (χ3v) is 6.32. The van der Waals surface area contributed by atoms with Crippen molar-refractivity contribution >= 4 is 15.8 Å². The lowest BCUT2D eigenvalue weighted by molar-refractivity contribution is -0.149. The molecule has 1 unspecified atom stereocenters. The van der Waals surface area contributed by atoms with E-state index >= 15 is 0 Å². The maximum Gasteiger partial charge on any atom is 0.310 e. The molecule has 0 aliphatic carbocycles. The normalized spacial score (nSPS) is 21.7. The van der Waals surface area contributed by atoms with Crippen molar-refractivity contribution in [1.82, 2.24) is 4.90 Å².